The fourth-order valence-corrected chi connectivity index (χ4v) is 2.84. The molecule has 1 atom stereocenters. The minimum Gasteiger partial charge on any atom is -0.493 e. The summed E-state index contributed by atoms with van der Waals surface area (Å²) in [5, 5.41) is 9.75. The van der Waals surface area contributed by atoms with Gasteiger partial charge in [0.05, 0.1) is 12.5 Å². The SMILES string of the molecule is Cc1ccc(C(Cc2ccccc2OCC(C)C)C(=O)O)c(C)c1. The zero-order valence-corrected chi connectivity index (χ0v) is 14.9. The third-order valence-corrected chi connectivity index (χ3v) is 4.07. The molecule has 0 aliphatic carbocycles. The summed E-state index contributed by atoms with van der Waals surface area (Å²) in [5.41, 5.74) is 3.96. The average molecular weight is 326 g/mol. The van der Waals surface area contributed by atoms with E-state index in [2.05, 4.69) is 13.8 Å². The monoisotopic (exact) mass is 326 g/mol. The minimum absolute atomic E-state index is 0.424. The number of para-hydroxylation sites is 1. The second-order valence-electron chi connectivity index (χ2n) is 6.77. The molecule has 3 heteroatoms. The van der Waals surface area contributed by atoms with Crippen LogP contribution in [0, 0.1) is 19.8 Å². The summed E-state index contributed by atoms with van der Waals surface area (Å²) >= 11 is 0. The number of hydrogen-bond donors (Lipinski definition) is 1. The van der Waals surface area contributed by atoms with Crippen LogP contribution in [-0.2, 0) is 11.2 Å². The van der Waals surface area contributed by atoms with Gasteiger partial charge in [0.2, 0.25) is 0 Å². The third-order valence-electron chi connectivity index (χ3n) is 4.07. The van der Waals surface area contributed by atoms with Crippen LogP contribution in [0.2, 0.25) is 0 Å². The van der Waals surface area contributed by atoms with E-state index in [1.165, 1.54) is 0 Å². The first kappa shape index (κ1) is 18.1. The molecule has 0 aromatic heterocycles. The van der Waals surface area contributed by atoms with Crippen LogP contribution in [0.1, 0.15) is 42.0 Å². The zero-order chi connectivity index (χ0) is 17.7. The summed E-state index contributed by atoms with van der Waals surface area (Å²) < 4.78 is 5.87. The molecule has 0 fully saturated rings. The maximum atomic E-state index is 11.9. The van der Waals surface area contributed by atoms with E-state index in [1.54, 1.807) is 0 Å². The van der Waals surface area contributed by atoms with Crippen LogP contribution in [-0.4, -0.2) is 17.7 Å². The van der Waals surface area contributed by atoms with Gasteiger partial charge in [0.1, 0.15) is 5.75 Å². The van der Waals surface area contributed by atoms with Crippen molar-refractivity contribution in [3.05, 3.63) is 64.7 Å². The van der Waals surface area contributed by atoms with Crippen molar-refractivity contribution in [2.45, 2.75) is 40.0 Å². The molecule has 128 valence electrons. The molecular weight excluding hydrogens is 300 g/mol. The van der Waals surface area contributed by atoms with Crippen LogP contribution < -0.4 is 4.74 Å². The van der Waals surface area contributed by atoms with E-state index in [1.807, 2.05) is 56.3 Å². The lowest BCUT2D eigenvalue weighted by molar-refractivity contribution is -0.138. The molecule has 0 spiro atoms. The Morgan fingerprint density at radius 1 is 1.12 bits per heavy atom. The molecule has 0 amide bonds. The number of carboxylic acids is 1. The van der Waals surface area contributed by atoms with E-state index in [0.29, 0.717) is 18.9 Å². The number of hydrogen-bond acceptors (Lipinski definition) is 2. The molecule has 0 aliphatic rings. The Morgan fingerprint density at radius 3 is 2.46 bits per heavy atom. The summed E-state index contributed by atoms with van der Waals surface area (Å²) in [7, 11) is 0. The topological polar surface area (TPSA) is 46.5 Å². The van der Waals surface area contributed by atoms with E-state index in [0.717, 1.165) is 28.0 Å². The van der Waals surface area contributed by atoms with Crippen molar-refractivity contribution in [2.75, 3.05) is 6.61 Å². The lowest BCUT2D eigenvalue weighted by Crippen LogP contribution is -2.16. The van der Waals surface area contributed by atoms with Gasteiger partial charge in [-0.2, -0.15) is 0 Å². The molecule has 0 aliphatic heterocycles. The van der Waals surface area contributed by atoms with Crippen molar-refractivity contribution in [3.63, 3.8) is 0 Å². The molecule has 1 unspecified atom stereocenters. The van der Waals surface area contributed by atoms with E-state index in [-0.39, 0.29) is 0 Å². The number of ether oxygens (including phenoxy) is 1. The molecule has 0 heterocycles. The second kappa shape index (κ2) is 8.00. The Morgan fingerprint density at radius 2 is 1.83 bits per heavy atom. The number of rotatable bonds is 7. The standard InChI is InChI=1S/C21H26O3/c1-14(2)13-24-20-8-6-5-7-17(20)12-19(21(22)23)18-10-9-15(3)11-16(18)4/h5-11,14,19H,12-13H2,1-4H3,(H,22,23). The lowest BCUT2D eigenvalue weighted by Gasteiger charge is -2.18. The van der Waals surface area contributed by atoms with Gasteiger partial charge in [-0.3, -0.25) is 4.79 Å². The lowest BCUT2D eigenvalue weighted by atomic mass is 9.88. The predicted octanol–water partition coefficient (Wildman–Crippen LogP) is 4.75. The van der Waals surface area contributed by atoms with Crippen LogP contribution in [0.5, 0.6) is 5.75 Å². The number of carboxylic acid groups (broad SMARTS) is 1. The van der Waals surface area contributed by atoms with Gasteiger partial charge in [0, 0.05) is 0 Å². The van der Waals surface area contributed by atoms with Crippen LogP contribution >= 0.6 is 0 Å². The quantitative estimate of drug-likeness (QED) is 0.798. The van der Waals surface area contributed by atoms with E-state index in [4.69, 9.17) is 4.74 Å². The average Bonchev–Trinajstić information content (AvgIpc) is 2.52. The Labute approximate surface area is 144 Å². The summed E-state index contributed by atoms with van der Waals surface area (Å²) in [6, 6.07) is 13.7. The first-order valence-electron chi connectivity index (χ1n) is 8.39. The second-order valence-corrected chi connectivity index (χ2v) is 6.77. The Balaban J connectivity index is 2.30. The van der Waals surface area contributed by atoms with Crippen molar-refractivity contribution in [3.8, 4) is 5.75 Å². The van der Waals surface area contributed by atoms with E-state index < -0.39 is 11.9 Å². The van der Waals surface area contributed by atoms with Gasteiger partial charge >= 0.3 is 5.97 Å². The number of carbonyl (C=O) groups is 1. The van der Waals surface area contributed by atoms with Crippen molar-refractivity contribution < 1.29 is 14.6 Å². The molecule has 3 nitrogen and oxygen atoms in total. The van der Waals surface area contributed by atoms with Gasteiger partial charge in [-0.05, 0) is 48.9 Å². The Bertz CT molecular complexity index is 704. The molecule has 0 radical (unpaired) electrons. The molecule has 0 bridgehead atoms. The highest BCUT2D eigenvalue weighted by Gasteiger charge is 2.23. The zero-order valence-electron chi connectivity index (χ0n) is 14.9. The van der Waals surface area contributed by atoms with Gasteiger partial charge in [-0.25, -0.2) is 0 Å². The Kier molecular flexibility index (Phi) is 6.02. The highest BCUT2D eigenvalue weighted by molar-refractivity contribution is 5.77. The molecule has 24 heavy (non-hydrogen) atoms. The van der Waals surface area contributed by atoms with Crippen molar-refractivity contribution in [2.24, 2.45) is 5.92 Å². The summed E-state index contributed by atoms with van der Waals surface area (Å²) in [4.78, 5) is 11.9. The van der Waals surface area contributed by atoms with Crippen LogP contribution in [0.15, 0.2) is 42.5 Å². The third kappa shape index (κ3) is 4.60. The molecule has 2 aromatic carbocycles. The predicted molar refractivity (Wildman–Crippen MR) is 96.8 cm³/mol. The van der Waals surface area contributed by atoms with Crippen molar-refractivity contribution in [1.82, 2.24) is 0 Å². The first-order valence-corrected chi connectivity index (χ1v) is 8.39. The summed E-state index contributed by atoms with van der Waals surface area (Å²) in [5.74, 6) is -0.176. The van der Waals surface area contributed by atoms with Crippen LogP contribution in [0.25, 0.3) is 0 Å². The first-order chi connectivity index (χ1) is 11.4. The Hall–Kier alpha value is -2.29. The van der Waals surface area contributed by atoms with Gasteiger partial charge in [0.15, 0.2) is 0 Å². The number of aryl methyl sites for hydroxylation is 2. The van der Waals surface area contributed by atoms with Crippen LogP contribution in [0.3, 0.4) is 0 Å². The van der Waals surface area contributed by atoms with E-state index in [9.17, 15) is 9.90 Å². The minimum atomic E-state index is -0.805. The number of aliphatic carboxylic acids is 1. The molecule has 0 saturated heterocycles. The number of benzene rings is 2. The fourth-order valence-electron chi connectivity index (χ4n) is 2.84. The van der Waals surface area contributed by atoms with Gasteiger partial charge in [-0.1, -0.05) is 55.8 Å². The molecule has 0 saturated carbocycles. The molecule has 2 aromatic rings. The summed E-state index contributed by atoms with van der Waals surface area (Å²) in [6.45, 7) is 8.80. The van der Waals surface area contributed by atoms with Crippen molar-refractivity contribution in [1.29, 1.82) is 0 Å². The smallest absolute Gasteiger partial charge is 0.311 e. The highest BCUT2D eigenvalue weighted by atomic mass is 16.5. The summed E-state index contributed by atoms with van der Waals surface area (Å²) in [6.07, 6.45) is 0.424. The molecule has 2 rings (SSSR count). The van der Waals surface area contributed by atoms with Gasteiger partial charge < -0.3 is 9.84 Å². The van der Waals surface area contributed by atoms with Crippen molar-refractivity contribution >= 4 is 5.97 Å². The fraction of sp³-hybridized carbons (Fsp3) is 0.381. The molecule has 1 N–H and O–H groups in total. The largest absolute Gasteiger partial charge is 0.493 e. The van der Waals surface area contributed by atoms with E-state index >= 15 is 0 Å². The maximum absolute atomic E-state index is 11.9. The highest BCUT2D eigenvalue weighted by Crippen LogP contribution is 2.29. The molecular formula is C21H26O3. The maximum Gasteiger partial charge on any atom is 0.311 e. The van der Waals surface area contributed by atoms with Crippen LogP contribution in [0.4, 0.5) is 0 Å². The van der Waals surface area contributed by atoms with Gasteiger partial charge in [0.25, 0.3) is 0 Å². The normalized spacial score (nSPS) is 12.2. The van der Waals surface area contributed by atoms with Gasteiger partial charge in [-0.15, -0.1) is 0 Å².